The smallest absolute Gasteiger partial charge is 0.309 e. The highest BCUT2D eigenvalue weighted by molar-refractivity contribution is 7.18. The van der Waals surface area contributed by atoms with Gasteiger partial charge in [0.05, 0.1) is 28.5 Å². The highest BCUT2D eigenvalue weighted by atomic mass is 35.5. The van der Waals surface area contributed by atoms with Gasteiger partial charge in [-0.1, -0.05) is 36.7 Å². The van der Waals surface area contributed by atoms with E-state index in [1.807, 2.05) is 45.2 Å². The molecule has 0 amide bonds. The molecular weight excluding hydrogens is 504 g/mol. The molecule has 5 nitrogen and oxygen atoms in total. The molecule has 2 aromatic carbocycles. The zero-order chi connectivity index (χ0) is 26.4. The fraction of sp³-hybridized carbons (Fsp3) is 0.467. The van der Waals surface area contributed by atoms with Gasteiger partial charge in [-0.05, 0) is 94.4 Å². The number of likely N-dealkylation sites (tertiary alicyclic amines) is 1. The minimum absolute atomic E-state index is 0.0332. The molecular formula is C30H37ClN2O3S. The van der Waals surface area contributed by atoms with E-state index in [-0.39, 0.29) is 18.0 Å². The summed E-state index contributed by atoms with van der Waals surface area (Å²) in [5, 5.41) is 1.55. The number of hydrogen-bond donors (Lipinski definition) is 0. The van der Waals surface area contributed by atoms with Crippen molar-refractivity contribution in [1.82, 2.24) is 9.88 Å². The molecule has 0 aliphatic carbocycles. The van der Waals surface area contributed by atoms with Crippen molar-refractivity contribution < 1.29 is 14.3 Å². The number of rotatable bonds is 10. The van der Waals surface area contributed by atoms with E-state index in [0.717, 1.165) is 55.9 Å². The van der Waals surface area contributed by atoms with Crippen LogP contribution in [-0.4, -0.2) is 48.2 Å². The van der Waals surface area contributed by atoms with Gasteiger partial charge in [-0.2, -0.15) is 0 Å². The second kappa shape index (κ2) is 12.9. The molecule has 7 heteroatoms. The van der Waals surface area contributed by atoms with Gasteiger partial charge >= 0.3 is 5.97 Å². The standard InChI is InChI=1S/C30H37ClN2O3S/c1-5-24-21(12-15-33-16-13-22(14-17-33)30(34)35-6-2)8-7-9-25(24)28-19-32-29(37-28)23-10-11-27(26(31)18-23)36-20(3)4/h7-11,18-20,22H,5-6,12-17H2,1-4H3. The molecule has 3 aromatic rings. The molecule has 1 fully saturated rings. The molecule has 0 spiro atoms. The molecule has 1 aromatic heterocycles. The summed E-state index contributed by atoms with van der Waals surface area (Å²) >= 11 is 8.17. The van der Waals surface area contributed by atoms with Gasteiger partial charge in [0.15, 0.2) is 0 Å². The third kappa shape index (κ3) is 6.92. The van der Waals surface area contributed by atoms with Crippen LogP contribution in [0.25, 0.3) is 21.0 Å². The second-order valence-corrected chi connectivity index (χ2v) is 11.2. The number of thiazole rings is 1. The summed E-state index contributed by atoms with van der Waals surface area (Å²) in [5.41, 5.74) is 5.03. The first kappa shape index (κ1) is 27.6. The van der Waals surface area contributed by atoms with E-state index in [4.69, 9.17) is 26.1 Å². The number of esters is 1. The van der Waals surface area contributed by atoms with Crippen molar-refractivity contribution in [1.29, 1.82) is 0 Å². The molecule has 1 aliphatic heterocycles. The Hall–Kier alpha value is -2.41. The summed E-state index contributed by atoms with van der Waals surface area (Å²) in [6.45, 7) is 11.4. The average molecular weight is 541 g/mol. The summed E-state index contributed by atoms with van der Waals surface area (Å²) in [4.78, 5) is 20.4. The third-order valence-electron chi connectivity index (χ3n) is 6.84. The maximum absolute atomic E-state index is 12.0. The molecule has 0 bridgehead atoms. The number of nitrogens with zero attached hydrogens (tertiary/aromatic N) is 2. The maximum Gasteiger partial charge on any atom is 0.309 e. The second-order valence-electron chi connectivity index (χ2n) is 9.76. The zero-order valence-corrected chi connectivity index (χ0v) is 23.8. The van der Waals surface area contributed by atoms with Crippen molar-refractivity contribution >= 4 is 28.9 Å². The van der Waals surface area contributed by atoms with E-state index in [1.165, 1.54) is 21.6 Å². The van der Waals surface area contributed by atoms with E-state index in [2.05, 4.69) is 30.0 Å². The molecule has 0 radical (unpaired) electrons. The third-order valence-corrected chi connectivity index (χ3v) is 8.22. The van der Waals surface area contributed by atoms with Crippen molar-refractivity contribution in [3.63, 3.8) is 0 Å². The van der Waals surface area contributed by atoms with Crippen molar-refractivity contribution in [2.24, 2.45) is 5.92 Å². The van der Waals surface area contributed by atoms with Crippen LogP contribution < -0.4 is 4.74 Å². The normalized spacial score (nSPS) is 14.8. The topological polar surface area (TPSA) is 51.7 Å². The van der Waals surface area contributed by atoms with E-state index in [9.17, 15) is 4.79 Å². The van der Waals surface area contributed by atoms with Crippen molar-refractivity contribution in [3.05, 3.63) is 58.7 Å². The van der Waals surface area contributed by atoms with Crippen LogP contribution >= 0.6 is 22.9 Å². The first-order chi connectivity index (χ1) is 17.9. The van der Waals surface area contributed by atoms with Crippen LogP contribution in [0.15, 0.2) is 42.6 Å². The van der Waals surface area contributed by atoms with E-state index in [1.54, 1.807) is 11.3 Å². The molecule has 1 aliphatic rings. The molecule has 0 atom stereocenters. The van der Waals surface area contributed by atoms with Gasteiger partial charge < -0.3 is 14.4 Å². The lowest BCUT2D eigenvalue weighted by Crippen LogP contribution is -2.38. The Morgan fingerprint density at radius 1 is 1.19 bits per heavy atom. The lowest BCUT2D eigenvalue weighted by molar-refractivity contribution is -0.149. The van der Waals surface area contributed by atoms with Crippen LogP contribution in [0.4, 0.5) is 0 Å². The van der Waals surface area contributed by atoms with Crippen molar-refractivity contribution in [2.75, 3.05) is 26.2 Å². The summed E-state index contributed by atoms with van der Waals surface area (Å²) in [5.74, 6) is 0.720. The number of ether oxygens (including phenoxy) is 2. The zero-order valence-electron chi connectivity index (χ0n) is 22.3. The average Bonchev–Trinajstić information content (AvgIpc) is 3.39. The Kier molecular flexibility index (Phi) is 9.63. The molecule has 0 unspecified atom stereocenters. The number of hydrogen-bond acceptors (Lipinski definition) is 6. The summed E-state index contributed by atoms with van der Waals surface area (Å²) in [6.07, 6.45) is 5.79. The Labute approximate surface area is 229 Å². The van der Waals surface area contributed by atoms with Gasteiger partial charge in [0.2, 0.25) is 0 Å². The first-order valence-electron chi connectivity index (χ1n) is 13.3. The van der Waals surface area contributed by atoms with Crippen LogP contribution in [0.2, 0.25) is 5.02 Å². The number of piperidine rings is 1. The monoisotopic (exact) mass is 540 g/mol. The maximum atomic E-state index is 12.0. The van der Waals surface area contributed by atoms with Crippen molar-refractivity contribution in [3.8, 4) is 26.8 Å². The van der Waals surface area contributed by atoms with E-state index in [0.29, 0.717) is 17.4 Å². The lowest BCUT2D eigenvalue weighted by atomic mass is 9.94. The van der Waals surface area contributed by atoms with Crippen LogP contribution in [-0.2, 0) is 22.4 Å². The van der Waals surface area contributed by atoms with Crippen molar-refractivity contribution in [2.45, 2.75) is 59.5 Å². The number of carbonyl (C=O) groups is 1. The molecule has 4 rings (SSSR count). The van der Waals surface area contributed by atoms with Gasteiger partial charge in [-0.25, -0.2) is 4.98 Å². The van der Waals surface area contributed by atoms with Crippen LogP contribution in [0.3, 0.4) is 0 Å². The summed E-state index contributed by atoms with van der Waals surface area (Å²) in [7, 11) is 0. The number of carbonyl (C=O) groups excluding carboxylic acids is 1. The molecule has 0 saturated carbocycles. The largest absolute Gasteiger partial charge is 0.489 e. The predicted molar refractivity (Wildman–Crippen MR) is 153 cm³/mol. The van der Waals surface area contributed by atoms with Gasteiger partial charge in [-0.15, -0.1) is 11.3 Å². The Morgan fingerprint density at radius 3 is 2.65 bits per heavy atom. The van der Waals surface area contributed by atoms with Gasteiger partial charge in [0.1, 0.15) is 10.8 Å². The highest BCUT2D eigenvalue weighted by Gasteiger charge is 2.26. The summed E-state index contributed by atoms with van der Waals surface area (Å²) < 4.78 is 11.0. The van der Waals surface area contributed by atoms with E-state index < -0.39 is 0 Å². The van der Waals surface area contributed by atoms with Gasteiger partial charge in [-0.3, -0.25) is 4.79 Å². The Balaban J connectivity index is 1.44. The molecule has 0 N–H and O–H groups in total. The predicted octanol–water partition coefficient (Wildman–Crippen LogP) is 7.30. The van der Waals surface area contributed by atoms with Crippen LogP contribution in [0.5, 0.6) is 5.75 Å². The number of benzene rings is 2. The SMILES string of the molecule is CCOC(=O)C1CCN(CCc2cccc(-c3cnc(-c4ccc(OC(C)C)c(Cl)c4)s3)c2CC)CC1. The van der Waals surface area contributed by atoms with Gasteiger partial charge in [0.25, 0.3) is 0 Å². The highest BCUT2D eigenvalue weighted by Crippen LogP contribution is 2.37. The number of halogens is 1. The molecule has 198 valence electrons. The van der Waals surface area contributed by atoms with Crippen LogP contribution in [0.1, 0.15) is 51.7 Å². The summed E-state index contributed by atoms with van der Waals surface area (Å²) in [6, 6.07) is 12.5. The first-order valence-corrected chi connectivity index (χ1v) is 14.5. The molecule has 1 saturated heterocycles. The Morgan fingerprint density at radius 2 is 1.97 bits per heavy atom. The fourth-order valence-corrected chi connectivity index (χ4v) is 6.15. The van der Waals surface area contributed by atoms with Gasteiger partial charge in [0, 0.05) is 18.3 Å². The molecule has 2 heterocycles. The Bertz CT molecular complexity index is 1200. The lowest BCUT2D eigenvalue weighted by Gasteiger charge is -2.31. The van der Waals surface area contributed by atoms with Crippen LogP contribution in [0, 0.1) is 5.92 Å². The fourth-order valence-electron chi connectivity index (χ4n) is 4.96. The number of aromatic nitrogens is 1. The quantitative estimate of drug-likeness (QED) is 0.252. The molecule has 37 heavy (non-hydrogen) atoms. The minimum atomic E-state index is -0.0332. The van der Waals surface area contributed by atoms with E-state index >= 15 is 0 Å². The minimum Gasteiger partial charge on any atom is -0.489 e.